The van der Waals surface area contributed by atoms with Crippen molar-refractivity contribution in [3.63, 3.8) is 0 Å². The molecule has 1 amide bonds. The van der Waals surface area contributed by atoms with Crippen LogP contribution in [0.25, 0.3) is 0 Å². The highest BCUT2D eigenvalue weighted by Crippen LogP contribution is 2.17. The molecule has 1 heterocycles. The van der Waals surface area contributed by atoms with Crippen molar-refractivity contribution in [3.8, 4) is 5.75 Å². The zero-order valence-electron chi connectivity index (χ0n) is 15.3. The van der Waals surface area contributed by atoms with Gasteiger partial charge in [-0.2, -0.15) is 0 Å². The second kappa shape index (κ2) is 9.85. The van der Waals surface area contributed by atoms with Gasteiger partial charge in [-0.25, -0.2) is 0 Å². The van der Waals surface area contributed by atoms with Gasteiger partial charge in [0.2, 0.25) is 5.91 Å². The molecule has 2 aromatic carbocycles. The van der Waals surface area contributed by atoms with Crippen molar-refractivity contribution in [1.29, 1.82) is 0 Å². The molecule has 1 fully saturated rings. The molecule has 0 radical (unpaired) electrons. The molecule has 4 nitrogen and oxygen atoms in total. The monoisotopic (exact) mass is 352 g/mol. The molecule has 3 rings (SSSR count). The van der Waals surface area contributed by atoms with Gasteiger partial charge in [0.1, 0.15) is 12.4 Å². The van der Waals surface area contributed by atoms with E-state index in [9.17, 15) is 4.79 Å². The van der Waals surface area contributed by atoms with Crippen LogP contribution in [0.3, 0.4) is 0 Å². The Balaban J connectivity index is 1.39. The van der Waals surface area contributed by atoms with Crippen LogP contribution in [0.2, 0.25) is 0 Å². The minimum Gasteiger partial charge on any atom is -0.489 e. The van der Waals surface area contributed by atoms with Crippen molar-refractivity contribution >= 4 is 11.6 Å². The largest absolute Gasteiger partial charge is 0.489 e. The summed E-state index contributed by atoms with van der Waals surface area (Å²) in [5.41, 5.74) is 2.17. The Morgan fingerprint density at radius 1 is 0.923 bits per heavy atom. The Labute approximate surface area is 156 Å². The van der Waals surface area contributed by atoms with Crippen LogP contribution in [0.4, 0.5) is 5.69 Å². The van der Waals surface area contributed by atoms with Gasteiger partial charge in [0.05, 0.1) is 0 Å². The number of hydrogen-bond donors (Lipinski definition) is 1. The van der Waals surface area contributed by atoms with Gasteiger partial charge in [-0.15, -0.1) is 0 Å². The number of carbonyl (C=O) groups is 1. The van der Waals surface area contributed by atoms with Gasteiger partial charge in [-0.05, 0) is 42.7 Å². The van der Waals surface area contributed by atoms with Gasteiger partial charge in [-0.3, -0.25) is 4.79 Å². The number of hydrogen-bond acceptors (Lipinski definition) is 3. The first-order valence-corrected chi connectivity index (χ1v) is 9.60. The van der Waals surface area contributed by atoms with E-state index in [2.05, 4.69) is 17.4 Å². The first kappa shape index (κ1) is 18.3. The average molecular weight is 352 g/mol. The van der Waals surface area contributed by atoms with Crippen molar-refractivity contribution in [3.05, 3.63) is 60.2 Å². The highest BCUT2D eigenvalue weighted by molar-refractivity contribution is 5.76. The quantitative estimate of drug-likeness (QED) is 0.799. The number of rotatable bonds is 7. The molecule has 4 heteroatoms. The van der Waals surface area contributed by atoms with E-state index >= 15 is 0 Å². The Kier molecular flexibility index (Phi) is 6.94. The fraction of sp³-hybridized carbons (Fsp3) is 0.409. The van der Waals surface area contributed by atoms with Crippen LogP contribution in [-0.2, 0) is 11.4 Å². The maximum Gasteiger partial charge on any atom is 0.224 e. The summed E-state index contributed by atoms with van der Waals surface area (Å²) in [5.74, 6) is 1.11. The molecular weight excluding hydrogens is 324 g/mol. The zero-order chi connectivity index (χ0) is 18.0. The maximum atomic E-state index is 12.3. The molecule has 0 bridgehead atoms. The first-order chi connectivity index (χ1) is 12.8. The number of nitrogens with zero attached hydrogens (tertiary/aromatic N) is 1. The smallest absolute Gasteiger partial charge is 0.224 e. The molecule has 26 heavy (non-hydrogen) atoms. The number of anilines is 1. The van der Waals surface area contributed by atoms with Crippen molar-refractivity contribution in [1.82, 2.24) is 4.90 Å². The molecule has 0 atom stereocenters. The van der Waals surface area contributed by atoms with E-state index in [4.69, 9.17) is 4.74 Å². The van der Waals surface area contributed by atoms with Crippen molar-refractivity contribution in [2.24, 2.45) is 0 Å². The molecule has 1 N–H and O–H groups in total. The second-order valence-electron chi connectivity index (χ2n) is 6.77. The molecule has 138 valence electrons. The number of benzene rings is 2. The minimum atomic E-state index is 0.266. The van der Waals surface area contributed by atoms with Crippen LogP contribution in [0, 0.1) is 0 Å². The number of ether oxygens (including phenoxy) is 1. The lowest BCUT2D eigenvalue weighted by molar-refractivity contribution is -0.130. The normalized spacial score (nSPS) is 14.5. The predicted octanol–water partition coefficient (Wildman–Crippen LogP) is 4.47. The molecule has 0 unspecified atom stereocenters. The fourth-order valence-electron chi connectivity index (χ4n) is 3.20. The van der Waals surface area contributed by atoms with Crippen LogP contribution in [0.1, 0.15) is 37.7 Å². The van der Waals surface area contributed by atoms with Gasteiger partial charge >= 0.3 is 0 Å². The second-order valence-corrected chi connectivity index (χ2v) is 6.77. The summed E-state index contributed by atoms with van der Waals surface area (Å²) in [6.45, 7) is 3.08. The average Bonchev–Trinajstić information content (AvgIpc) is 2.98. The minimum absolute atomic E-state index is 0.266. The topological polar surface area (TPSA) is 41.6 Å². The summed E-state index contributed by atoms with van der Waals surface area (Å²) in [4.78, 5) is 14.3. The Bertz CT molecular complexity index is 662. The fourth-order valence-corrected chi connectivity index (χ4v) is 3.20. The summed E-state index contributed by atoms with van der Waals surface area (Å²) in [6.07, 6.45) is 5.33. The van der Waals surface area contributed by atoms with Gasteiger partial charge in [0.25, 0.3) is 0 Å². The van der Waals surface area contributed by atoms with Gasteiger partial charge in [0, 0.05) is 31.7 Å². The van der Waals surface area contributed by atoms with E-state index in [0.29, 0.717) is 19.6 Å². The first-order valence-electron chi connectivity index (χ1n) is 9.60. The third kappa shape index (κ3) is 5.80. The lowest BCUT2D eigenvalue weighted by atomic mass is 10.2. The molecule has 0 aliphatic carbocycles. The molecule has 0 spiro atoms. The molecule has 0 saturated carbocycles. The van der Waals surface area contributed by atoms with Crippen molar-refractivity contribution < 1.29 is 9.53 Å². The van der Waals surface area contributed by atoms with Gasteiger partial charge in [0.15, 0.2) is 0 Å². The lowest BCUT2D eigenvalue weighted by Gasteiger charge is -2.20. The summed E-state index contributed by atoms with van der Waals surface area (Å²) in [7, 11) is 0. The highest BCUT2D eigenvalue weighted by atomic mass is 16.5. The molecule has 2 aromatic rings. The van der Waals surface area contributed by atoms with Gasteiger partial charge in [-0.1, -0.05) is 43.2 Å². The molecular formula is C22H28N2O2. The number of nitrogens with one attached hydrogen (secondary N) is 1. The number of amides is 1. The van der Waals surface area contributed by atoms with Gasteiger partial charge < -0.3 is 15.0 Å². The lowest BCUT2D eigenvalue weighted by Crippen LogP contribution is -2.32. The van der Waals surface area contributed by atoms with E-state index in [0.717, 1.165) is 42.9 Å². The third-order valence-electron chi connectivity index (χ3n) is 4.73. The zero-order valence-corrected chi connectivity index (χ0v) is 15.3. The molecule has 1 aliphatic rings. The highest BCUT2D eigenvalue weighted by Gasteiger charge is 2.14. The predicted molar refractivity (Wildman–Crippen MR) is 105 cm³/mol. The summed E-state index contributed by atoms with van der Waals surface area (Å²) in [5, 5.41) is 3.33. The van der Waals surface area contributed by atoms with Crippen LogP contribution in [0.5, 0.6) is 5.75 Å². The van der Waals surface area contributed by atoms with Crippen LogP contribution in [-0.4, -0.2) is 30.4 Å². The standard InChI is InChI=1S/C22H28N2O2/c25-22(24-16-6-1-2-7-17-24)14-15-23-20-10-12-21(13-11-20)26-18-19-8-4-3-5-9-19/h3-5,8-13,23H,1-2,6-7,14-18H2. The summed E-state index contributed by atoms with van der Waals surface area (Å²) >= 11 is 0. The Hall–Kier alpha value is -2.49. The Morgan fingerprint density at radius 3 is 2.31 bits per heavy atom. The maximum absolute atomic E-state index is 12.3. The van der Waals surface area contributed by atoms with Crippen molar-refractivity contribution in [2.75, 3.05) is 25.0 Å². The summed E-state index contributed by atoms with van der Waals surface area (Å²) < 4.78 is 5.79. The van der Waals surface area contributed by atoms with E-state index in [1.54, 1.807) is 0 Å². The SMILES string of the molecule is O=C(CCNc1ccc(OCc2ccccc2)cc1)N1CCCCCC1. The third-order valence-corrected chi connectivity index (χ3v) is 4.73. The van der Waals surface area contributed by atoms with Crippen LogP contribution >= 0.6 is 0 Å². The summed E-state index contributed by atoms with van der Waals surface area (Å²) in [6, 6.07) is 18.0. The van der Waals surface area contributed by atoms with E-state index in [-0.39, 0.29) is 5.91 Å². The molecule has 1 saturated heterocycles. The number of carbonyl (C=O) groups excluding carboxylic acids is 1. The van der Waals surface area contributed by atoms with Crippen LogP contribution in [0.15, 0.2) is 54.6 Å². The van der Waals surface area contributed by atoms with E-state index in [1.807, 2.05) is 47.4 Å². The molecule has 0 aromatic heterocycles. The van der Waals surface area contributed by atoms with Crippen molar-refractivity contribution in [2.45, 2.75) is 38.7 Å². The van der Waals surface area contributed by atoms with E-state index in [1.165, 1.54) is 12.8 Å². The Morgan fingerprint density at radius 2 is 1.62 bits per heavy atom. The van der Waals surface area contributed by atoms with E-state index < -0.39 is 0 Å². The van der Waals surface area contributed by atoms with Crippen LogP contribution < -0.4 is 10.1 Å². The number of likely N-dealkylation sites (tertiary alicyclic amines) is 1. The molecule has 1 aliphatic heterocycles.